The molecule has 0 unspecified atom stereocenters. The van der Waals surface area contributed by atoms with E-state index in [0.29, 0.717) is 0 Å². The largest absolute Gasteiger partial charge is 0.463 e. The van der Waals surface area contributed by atoms with Crippen LogP contribution in [-0.4, -0.2) is 75.3 Å². The van der Waals surface area contributed by atoms with Crippen LogP contribution in [0.2, 0.25) is 0 Å². The lowest BCUT2D eigenvalue weighted by Gasteiger charge is -2.42. The lowest BCUT2D eigenvalue weighted by molar-refractivity contribution is -0.267. The summed E-state index contributed by atoms with van der Waals surface area (Å²) in [6.07, 6.45) is -3.95. The summed E-state index contributed by atoms with van der Waals surface area (Å²) in [7, 11) is 2.83. The van der Waals surface area contributed by atoms with E-state index < -0.39 is 48.6 Å². The Morgan fingerprint density at radius 2 is 1.64 bits per heavy atom. The van der Waals surface area contributed by atoms with Gasteiger partial charge in [-0.05, 0) is 0 Å². The summed E-state index contributed by atoms with van der Waals surface area (Å²) in [6.45, 7) is 3.41. The predicted octanol–water partition coefficient (Wildman–Crippen LogP) is -0.0435. The highest BCUT2D eigenvalue weighted by molar-refractivity contribution is 5.68. The Morgan fingerprint density at radius 3 is 2.12 bits per heavy atom. The van der Waals surface area contributed by atoms with Gasteiger partial charge >= 0.3 is 17.9 Å². The van der Waals surface area contributed by atoms with Crippen molar-refractivity contribution in [3.63, 3.8) is 0 Å². The van der Waals surface area contributed by atoms with E-state index in [9.17, 15) is 14.4 Å². The summed E-state index contributed by atoms with van der Waals surface area (Å²) in [5, 5.41) is 0. The van der Waals surface area contributed by atoms with Crippen molar-refractivity contribution < 1.29 is 38.1 Å². The molecular formula is C15H22N2O8. The zero-order valence-corrected chi connectivity index (χ0v) is 14.8. The first-order valence-corrected chi connectivity index (χ1v) is 7.49. The molecule has 0 saturated carbocycles. The first-order valence-electron chi connectivity index (χ1n) is 7.49. The van der Waals surface area contributed by atoms with Gasteiger partial charge in [0.1, 0.15) is 12.7 Å². The van der Waals surface area contributed by atoms with Crippen molar-refractivity contribution in [3.8, 4) is 0 Å². The molecule has 1 saturated heterocycles. The maximum absolute atomic E-state index is 11.5. The Kier molecular flexibility index (Phi) is 8.20. The monoisotopic (exact) mass is 358 g/mol. The van der Waals surface area contributed by atoms with Crippen LogP contribution in [0.3, 0.4) is 0 Å². The molecule has 25 heavy (non-hydrogen) atoms. The van der Waals surface area contributed by atoms with Gasteiger partial charge in [0.05, 0.1) is 6.01 Å². The fourth-order valence-electron chi connectivity index (χ4n) is 2.34. The van der Waals surface area contributed by atoms with E-state index in [4.69, 9.17) is 23.7 Å². The maximum Gasteiger partial charge on any atom is 0.303 e. The van der Waals surface area contributed by atoms with E-state index in [1.165, 1.54) is 34.9 Å². The topological polar surface area (TPSA) is 122 Å². The van der Waals surface area contributed by atoms with Gasteiger partial charge in [-0.1, -0.05) is 0 Å². The van der Waals surface area contributed by atoms with E-state index in [1.807, 2.05) is 0 Å². The molecule has 0 amide bonds. The SMILES string of the molecule is CN=C=N[C@H]1[C@H](OC)O[C@H](COC(C)=O)[C@@H](OC(C)=O)[C@@H]1OC(C)=O. The Morgan fingerprint density at radius 1 is 1.04 bits per heavy atom. The molecule has 0 aromatic carbocycles. The van der Waals surface area contributed by atoms with Crippen molar-refractivity contribution in [2.24, 2.45) is 9.98 Å². The molecule has 10 nitrogen and oxygen atoms in total. The minimum atomic E-state index is -1.06. The highest BCUT2D eigenvalue weighted by Gasteiger charge is 2.50. The molecule has 0 aromatic heterocycles. The third kappa shape index (κ3) is 6.26. The third-order valence-corrected chi connectivity index (χ3v) is 3.21. The number of ether oxygens (including phenoxy) is 5. The molecule has 1 rings (SSSR count). The molecule has 0 N–H and O–H groups in total. The average Bonchev–Trinajstić information content (AvgIpc) is 2.52. The van der Waals surface area contributed by atoms with Gasteiger partial charge < -0.3 is 23.7 Å². The normalized spacial score (nSPS) is 28.3. The number of methoxy groups -OCH3 is 1. The van der Waals surface area contributed by atoms with Gasteiger partial charge in [-0.15, -0.1) is 0 Å². The van der Waals surface area contributed by atoms with E-state index in [0.717, 1.165) is 0 Å². The van der Waals surface area contributed by atoms with Crippen LogP contribution >= 0.6 is 0 Å². The van der Waals surface area contributed by atoms with E-state index in [1.54, 1.807) is 0 Å². The highest BCUT2D eigenvalue weighted by atomic mass is 16.7. The van der Waals surface area contributed by atoms with E-state index in [-0.39, 0.29) is 6.61 Å². The summed E-state index contributed by atoms with van der Waals surface area (Å²) < 4.78 is 26.4. The fourth-order valence-corrected chi connectivity index (χ4v) is 2.34. The van der Waals surface area contributed by atoms with Crippen LogP contribution in [0.15, 0.2) is 9.98 Å². The van der Waals surface area contributed by atoms with Crippen molar-refractivity contribution in [2.75, 3.05) is 20.8 Å². The van der Waals surface area contributed by atoms with Crippen LogP contribution < -0.4 is 0 Å². The van der Waals surface area contributed by atoms with Crippen LogP contribution in [-0.2, 0) is 38.1 Å². The lowest BCUT2D eigenvalue weighted by atomic mass is 9.96. The summed E-state index contributed by atoms with van der Waals surface area (Å²) in [5.41, 5.74) is 0. The van der Waals surface area contributed by atoms with Gasteiger partial charge in [0.15, 0.2) is 24.5 Å². The van der Waals surface area contributed by atoms with Gasteiger partial charge in [0.25, 0.3) is 0 Å². The van der Waals surface area contributed by atoms with Crippen LogP contribution in [0.4, 0.5) is 0 Å². The second-order valence-corrected chi connectivity index (χ2v) is 5.17. The molecule has 5 atom stereocenters. The predicted molar refractivity (Wildman–Crippen MR) is 83.0 cm³/mol. The van der Waals surface area contributed by atoms with Crippen LogP contribution in [0.25, 0.3) is 0 Å². The van der Waals surface area contributed by atoms with Gasteiger partial charge in [-0.2, -0.15) is 0 Å². The number of rotatable bonds is 6. The number of carbonyl (C=O) groups is 3. The Bertz CT molecular complexity index is 558. The van der Waals surface area contributed by atoms with Gasteiger partial charge in [-0.3, -0.25) is 14.4 Å². The molecule has 1 aliphatic rings. The van der Waals surface area contributed by atoms with Crippen LogP contribution in [0.5, 0.6) is 0 Å². The molecule has 0 aromatic rings. The minimum absolute atomic E-state index is 0.219. The molecule has 1 fully saturated rings. The maximum atomic E-state index is 11.5. The van der Waals surface area contributed by atoms with Crippen molar-refractivity contribution in [2.45, 2.75) is 51.4 Å². The van der Waals surface area contributed by atoms with Crippen LogP contribution in [0, 0.1) is 0 Å². The molecule has 1 heterocycles. The van der Waals surface area contributed by atoms with E-state index in [2.05, 4.69) is 16.0 Å². The first-order chi connectivity index (χ1) is 11.8. The lowest BCUT2D eigenvalue weighted by Crippen LogP contribution is -2.61. The number of hydrogen-bond acceptors (Lipinski definition) is 10. The van der Waals surface area contributed by atoms with Gasteiger partial charge in [0, 0.05) is 34.9 Å². The summed E-state index contributed by atoms with van der Waals surface area (Å²) >= 11 is 0. The molecule has 140 valence electrons. The number of esters is 3. The molecule has 1 aliphatic heterocycles. The Labute approximate surface area is 145 Å². The number of hydrogen-bond donors (Lipinski definition) is 0. The van der Waals surface area contributed by atoms with Gasteiger partial charge in [-0.25, -0.2) is 9.98 Å². The Hall–Kier alpha value is -2.29. The molecule has 10 heteroatoms. The Balaban J connectivity index is 3.23. The molecule has 0 radical (unpaired) electrons. The standard InChI is InChI=1S/C15H22N2O8/c1-8(18)22-6-11-13(23-9(2)19)14(24-10(3)20)12(17-7-16-4)15(21-5)25-11/h11-15H,6H2,1-5H3/t11-,12-,13-,14-,15-/m1/s1. The quantitative estimate of drug-likeness (QED) is 0.368. The molecule has 0 aliphatic carbocycles. The summed E-state index contributed by atoms with van der Waals surface area (Å²) in [4.78, 5) is 41.7. The zero-order valence-electron chi connectivity index (χ0n) is 14.8. The van der Waals surface area contributed by atoms with Crippen molar-refractivity contribution in [1.29, 1.82) is 0 Å². The van der Waals surface area contributed by atoms with Crippen molar-refractivity contribution >= 4 is 23.9 Å². The fraction of sp³-hybridized carbons (Fsp3) is 0.733. The summed E-state index contributed by atoms with van der Waals surface area (Å²) in [5.74, 6) is -1.78. The number of aliphatic imine (C=N–C) groups is 2. The second-order valence-electron chi connectivity index (χ2n) is 5.17. The minimum Gasteiger partial charge on any atom is -0.463 e. The first kappa shape index (κ1) is 20.8. The van der Waals surface area contributed by atoms with Crippen molar-refractivity contribution in [1.82, 2.24) is 0 Å². The van der Waals surface area contributed by atoms with Crippen LogP contribution in [0.1, 0.15) is 20.8 Å². The number of nitrogens with zero attached hydrogens (tertiary/aromatic N) is 2. The average molecular weight is 358 g/mol. The number of carbonyl (C=O) groups excluding carboxylic acids is 3. The molecule has 0 bridgehead atoms. The molecular weight excluding hydrogens is 336 g/mol. The van der Waals surface area contributed by atoms with Gasteiger partial charge in [0.2, 0.25) is 0 Å². The third-order valence-electron chi connectivity index (χ3n) is 3.21. The highest BCUT2D eigenvalue weighted by Crippen LogP contribution is 2.29. The zero-order chi connectivity index (χ0) is 19.0. The second kappa shape index (κ2) is 9.87. The molecule has 0 spiro atoms. The van der Waals surface area contributed by atoms with E-state index >= 15 is 0 Å². The smallest absolute Gasteiger partial charge is 0.303 e. The van der Waals surface area contributed by atoms with Crippen molar-refractivity contribution in [3.05, 3.63) is 0 Å². The summed E-state index contributed by atoms with van der Waals surface area (Å²) in [6, 6.07) is 1.52.